The lowest BCUT2D eigenvalue weighted by atomic mass is 10.2. The van der Waals surface area contributed by atoms with Crippen LogP contribution < -0.4 is 0 Å². The van der Waals surface area contributed by atoms with Crippen molar-refractivity contribution in [3.63, 3.8) is 0 Å². The molecule has 8 heteroatoms. The minimum atomic E-state index is -0.319. The van der Waals surface area contributed by atoms with E-state index in [0.29, 0.717) is 23.1 Å². The van der Waals surface area contributed by atoms with Crippen molar-refractivity contribution in [2.75, 3.05) is 0 Å². The van der Waals surface area contributed by atoms with E-state index in [4.69, 9.17) is 0 Å². The standard InChI is InChI=1S/C19H16FN5S2/c1-2-16-21-19(27-24-16)26-18-23-22-17(14-10-6-7-11-15(14)20)25(18)12-13-8-4-3-5-9-13/h3-11H,2,12H2,1H3. The Morgan fingerprint density at radius 3 is 2.56 bits per heavy atom. The molecule has 2 aromatic carbocycles. The zero-order chi connectivity index (χ0) is 18.6. The maximum Gasteiger partial charge on any atom is 0.198 e. The van der Waals surface area contributed by atoms with Gasteiger partial charge in [-0.25, -0.2) is 9.37 Å². The monoisotopic (exact) mass is 397 g/mol. The molecule has 0 saturated carbocycles. The Morgan fingerprint density at radius 1 is 1.04 bits per heavy atom. The second kappa shape index (κ2) is 7.98. The predicted octanol–water partition coefficient (Wildman–Crippen LogP) is 4.70. The summed E-state index contributed by atoms with van der Waals surface area (Å²) >= 11 is 2.74. The number of aryl methyl sites for hydroxylation is 1. The number of hydrogen-bond donors (Lipinski definition) is 0. The van der Waals surface area contributed by atoms with Crippen LogP contribution in [0.1, 0.15) is 18.3 Å². The zero-order valence-electron chi connectivity index (χ0n) is 14.5. The van der Waals surface area contributed by atoms with Crippen LogP contribution in [0.2, 0.25) is 0 Å². The Hall–Kier alpha value is -2.58. The smallest absolute Gasteiger partial charge is 0.198 e. The molecule has 0 unspecified atom stereocenters. The minimum absolute atomic E-state index is 0.319. The molecule has 5 nitrogen and oxygen atoms in total. The quantitative estimate of drug-likeness (QED) is 0.472. The van der Waals surface area contributed by atoms with Gasteiger partial charge < -0.3 is 0 Å². The van der Waals surface area contributed by atoms with Gasteiger partial charge in [-0.05, 0) is 41.0 Å². The predicted molar refractivity (Wildman–Crippen MR) is 104 cm³/mol. The summed E-state index contributed by atoms with van der Waals surface area (Å²) in [5, 5.41) is 9.25. The first-order valence-electron chi connectivity index (χ1n) is 8.47. The van der Waals surface area contributed by atoms with E-state index >= 15 is 0 Å². The number of nitrogens with zero attached hydrogens (tertiary/aromatic N) is 5. The summed E-state index contributed by atoms with van der Waals surface area (Å²) in [6, 6.07) is 16.6. The maximum absolute atomic E-state index is 14.4. The highest BCUT2D eigenvalue weighted by molar-refractivity contribution is 8.00. The van der Waals surface area contributed by atoms with Gasteiger partial charge in [0.15, 0.2) is 15.3 Å². The van der Waals surface area contributed by atoms with Crippen molar-refractivity contribution in [1.29, 1.82) is 0 Å². The fraction of sp³-hybridized carbons (Fsp3) is 0.158. The van der Waals surface area contributed by atoms with Gasteiger partial charge in [-0.3, -0.25) is 4.57 Å². The van der Waals surface area contributed by atoms with Crippen molar-refractivity contribution in [2.24, 2.45) is 0 Å². The molecule has 4 rings (SSSR count). The lowest BCUT2D eigenvalue weighted by molar-refractivity contribution is 0.626. The molecule has 27 heavy (non-hydrogen) atoms. The van der Waals surface area contributed by atoms with Crippen LogP contribution in [0.25, 0.3) is 11.4 Å². The van der Waals surface area contributed by atoms with Gasteiger partial charge in [0.05, 0.1) is 12.1 Å². The van der Waals surface area contributed by atoms with Gasteiger partial charge in [0.2, 0.25) is 0 Å². The highest BCUT2D eigenvalue weighted by atomic mass is 32.2. The highest BCUT2D eigenvalue weighted by Gasteiger charge is 2.19. The van der Waals surface area contributed by atoms with E-state index in [2.05, 4.69) is 19.6 Å². The number of benzene rings is 2. The fourth-order valence-corrected chi connectivity index (χ4v) is 4.25. The number of halogens is 1. The van der Waals surface area contributed by atoms with Crippen molar-refractivity contribution in [2.45, 2.75) is 29.4 Å². The molecule has 0 saturated heterocycles. The van der Waals surface area contributed by atoms with Crippen LogP contribution in [0.4, 0.5) is 4.39 Å². The molecular weight excluding hydrogens is 381 g/mol. The third kappa shape index (κ3) is 3.91. The molecule has 0 aliphatic carbocycles. The summed E-state index contributed by atoms with van der Waals surface area (Å²) in [5.74, 6) is 0.991. The molecule has 2 heterocycles. The first kappa shape index (κ1) is 17.8. The van der Waals surface area contributed by atoms with E-state index < -0.39 is 0 Å². The van der Waals surface area contributed by atoms with Crippen LogP contribution in [-0.2, 0) is 13.0 Å². The van der Waals surface area contributed by atoms with E-state index in [1.54, 1.807) is 18.2 Å². The van der Waals surface area contributed by atoms with Gasteiger partial charge >= 0.3 is 0 Å². The third-order valence-electron chi connectivity index (χ3n) is 3.96. The Labute approximate surface area is 164 Å². The Balaban J connectivity index is 1.75. The average Bonchev–Trinajstić information content (AvgIpc) is 3.31. The second-order valence-electron chi connectivity index (χ2n) is 5.79. The maximum atomic E-state index is 14.4. The van der Waals surface area contributed by atoms with E-state index in [1.807, 2.05) is 41.8 Å². The minimum Gasteiger partial charge on any atom is -0.297 e. The van der Waals surface area contributed by atoms with E-state index in [9.17, 15) is 4.39 Å². The van der Waals surface area contributed by atoms with Gasteiger partial charge in [-0.15, -0.1) is 10.2 Å². The molecule has 0 N–H and O–H groups in total. The zero-order valence-corrected chi connectivity index (χ0v) is 16.2. The molecule has 136 valence electrons. The van der Waals surface area contributed by atoms with Crippen LogP contribution in [-0.4, -0.2) is 24.1 Å². The summed E-state index contributed by atoms with van der Waals surface area (Å²) < 4.78 is 21.4. The molecule has 0 aliphatic heterocycles. The van der Waals surface area contributed by atoms with Crippen molar-refractivity contribution in [3.8, 4) is 11.4 Å². The number of hydrogen-bond acceptors (Lipinski definition) is 6. The Morgan fingerprint density at radius 2 is 1.81 bits per heavy atom. The Bertz CT molecular complexity index is 1050. The first-order valence-corrected chi connectivity index (χ1v) is 10.1. The van der Waals surface area contributed by atoms with Gasteiger partial charge in [0, 0.05) is 6.42 Å². The molecule has 4 aromatic rings. The van der Waals surface area contributed by atoms with E-state index in [-0.39, 0.29) is 5.82 Å². The molecule has 0 spiro atoms. The summed E-state index contributed by atoms with van der Waals surface area (Å²) in [5.41, 5.74) is 1.52. The highest BCUT2D eigenvalue weighted by Crippen LogP contribution is 2.32. The van der Waals surface area contributed by atoms with Crippen molar-refractivity contribution < 1.29 is 4.39 Å². The van der Waals surface area contributed by atoms with Gasteiger partial charge in [0.1, 0.15) is 11.6 Å². The SMILES string of the molecule is CCc1nsc(Sc2nnc(-c3ccccc3F)n2Cc2ccccc2)n1. The van der Waals surface area contributed by atoms with Crippen LogP contribution >= 0.6 is 23.3 Å². The third-order valence-corrected chi connectivity index (χ3v) is 5.73. The normalized spacial score (nSPS) is 11.0. The fourth-order valence-electron chi connectivity index (χ4n) is 2.62. The summed E-state index contributed by atoms with van der Waals surface area (Å²) in [6.07, 6.45) is 0.786. The van der Waals surface area contributed by atoms with E-state index in [0.717, 1.165) is 22.1 Å². The topological polar surface area (TPSA) is 56.5 Å². The molecule has 0 atom stereocenters. The molecule has 0 bridgehead atoms. The van der Waals surface area contributed by atoms with Crippen LogP contribution in [0.3, 0.4) is 0 Å². The van der Waals surface area contributed by atoms with E-state index in [1.165, 1.54) is 29.4 Å². The molecule has 0 aliphatic rings. The van der Waals surface area contributed by atoms with Crippen molar-refractivity contribution >= 4 is 23.3 Å². The molecule has 0 fully saturated rings. The number of rotatable bonds is 6. The summed E-state index contributed by atoms with van der Waals surface area (Å²) in [4.78, 5) is 4.49. The first-order chi connectivity index (χ1) is 13.2. The average molecular weight is 398 g/mol. The molecule has 2 aromatic heterocycles. The summed E-state index contributed by atoms with van der Waals surface area (Å²) in [7, 11) is 0. The van der Waals surface area contributed by atoms with Crippen LogP contribution in [0.15, 0.2) is 64.1 Å². The van der Waals surface area contributed by atoms with Crippen LogP contribution in [0, 0.1) is 5.82 Å². The van der Waals surface area contributed by atoms with Crippen molar-refractivity contribution in [1.82, 2.24) is 24.1 Å². The number of aromatic nitrogens is 5. The molecule has 0 radical (unpaired) electrons. The second-order valence-corrected chi connectivity index (χ2v) is 7.76. The lowest BCUT2D eigenvalue weighted by Gasteiger charge is -2.10. The van der Waals surface area contributed by atoms with Gasteiger partial charge in [-0.2, -0.15) is 4.37 Å². The van der Waals surface area contributed by atoms with Gasteiger partial charge in [-0.1, -0.05) is 49.4 Å². The Kier molecular flexibility index (Phi) is 5.26. The van der Waals surface area contributed by atoms with Gasteiger partial charge in [0.25, 0.3) is 0 Å². The molecule has 0 amide bonds. The molecular formula is C19H16FN5S2. The largest absolute Gasteiger partial charge is 0.297 e. The lowest BCUT2D eigenvalue weighted by Crippen LogP contribution is -2.04. The van der Waals surface area contributed by atoms with Crippen LogP contribution in [0.5, 0.6) is 0 Å². The van der Waals surface area contributed by atoms with Crippen molar-refractivity contribution in [3.05, 3.63) is 71.8 Å². The summed E-state index contributed by atoms with van der Waals surface area (Å²) in [6.45, 7) is 2.56.